The Labute approximate surface area is 129 Å². The number of hydrogen-bond donors (Lipinski definition) is 1. The lowest BCUT2D eigenvalue weighted by molar-refractivity contribution is -0.383. The largest absolute Gasteiger partial charge is 0.316 e. The van der Waals surface area contributed by atoms with Gasteiger partial charge in [-0.3, -0.25) is 19.7 Å². The van der Waals surface area contributed by atoms with Gasteiger partial charge in [0.05, 0.1) is 10.5 Å². The second kappa shape index (κ2) is 5.45. The molecule has 23 heavy (non-hydrogen) atoms. The van der Waals surface area contributed by atoms with Gasteiger partial charge in [-0.2, -0.15) is 0 Å². The van der Waals surface area contributed by atoms with Crippen molar-refractivity contribution >= 4 is 28.6 Å². The van der Waals surface area contributed by atoms with Crippen LogP contribution in [0.4, 0.5) is 15.8 Å². The molecule has 0 unspecified atom stereocenters. The molecule has 2 aromatic rings. The summed E-state index contributed by atoms with van der Waals surface area (Å²) in [5.41, 5.74) is 0.373. The Morgan fingerprint density at radius 3 is 2.52 bits per heavy atom. The van der Waals surface area contributed by atoms with E-state index in [4.69, 9.17) is 0 Å². The highest BCUT2D eigenvalue weighted by Crippen LogP contribution is 2.38. The van der Waals surface area contributed by atoms with Crippen molar-refractivity contribution in [1.82, 2.24) is 0 Å². The molecule has 2 aromatic carbocycles. The van der Waals surface area contributed by atoms with Crippen molar-refractivity contribution in [3.8, 4) is 0 Å². The molecule has 0 aromatic heterocycles. The zero-order valence-electron chi connectivity index (χ0n) is 11.6. The molecule has 0 aliphatic carbocycles. The van der Waals surface area contributed by atoms with Crippen LogP contribution in [0.2, 0.25) is 0 Å². The summed E-state index contributed by atoms with van der Waals surface area (Å²) < 4.78 is 12.9. The summed E-state index contributed by atoms with van der Waals surface area (Å²) in [6.07, 6.45) is 1.10. The van der Waals surface area contributed by atoms with Crippen LogP contribution in [-0.4, -0.2) is 16.6 Å². The molecule has 0 fully saturated rings. The fourth-order valence-corrected chi connectivity index (χ4v) is 2.32. The van der Waals surface area contributed by atoms with Crippen molar-refractivity contribution in [2.45, 2.75) is 0 Å². The summed E-state index contributed by atoms with van der Waals surface area (Å²) >= 11 is 0. The van der Waals surface area contributed by atoms with Crippen LogP contribution in [0.15, 0.2) is 48.5 Å². The molecule has 1 N–H and O–H groups in total. The normalized spacial score (nSPS) is 14.5. The van der Waals surface area contributed by atoms with Crippen LogP contribution in [0.25, 0.3) is 5.57 Å². The molecule has 1 aliphatic rings. The minimum absolute atomic E-state index is 0.0398. The molecule has 0 radical (unpaired) electrons. The van der Waals surface area contributed by atoms with E-state index in [0.717, 1.165) is 18.2 Å². The minimum Gasteiger partial charge on any atom is -0.316 e. The summed E-state index contributed by atoms with van der Waals surface area (Å²) in [5, 5.41) is 13.4. The maximum atomic E-state index is 12.9. The number of para-hydroxylation sites is 1. The predicted octanol–water partition coefficient (Wildman–Crippen LogP) is 2.95. The van der Waals surface area contributed by atoms with Crippen molar-refractivity contribution in [2.24, 2.45) is 0 Å². The second-order valence-corrected chi connectivity index (χ2v) is 4.84. The smallest absolute Gasteiger partial charge is 0.293 e. The number of hydrogen-bond acceptors (Lipinski definition) is 4. The predicted molar refractivity (Wildman–Crippen MR) is 80.4 cm³/mol. The van der Waals surface area contributed by atoms with E-state index in [-0.39, 0.29) is 22.5 Å². The number of carbonyl (C=O) groups is 2. The van der Waals surface area contributed by atoms with Crippen molar-refractivity contribution in [2.75, 3.05) is 5.32 Å². The summed E-state index contributed by atoms with van der Waals surface area (Å²) in [6.45, 7) is 0. The van der Waals surface area contributed by atoms with Crippen LogP contribution < -0.4 is 5.32 Å². The maximum absolute atomic E-state index is 12.9. The Hall–Kier alpha value is -3.35. The molecule has 1 aliphatic heterocycles. The Balaban J connectivity index is 2.03. The van der Waals surface area contributed by atoms with E-state index >= 15 is 0 Å². The lowest BCUT2D eigenvalue weighted by atomic mass is 10.0. The van der Waals surface area contributed by atoms with E-state index in [1.54, 1.807) is 0 Å². The van der Waals surface area contributed by atoms with Gasteiger partial charge in [0.15, 0.2) is 5.78 Å². The van der Waals surface area contributed by atoms with E-state index in [9.17, 15) is 24.1 Å². The van der Waals surface area contributed by atoms with Gasteiger partial charge in [-0.1, -0.05) is 12.1 Å². The molecular formula is C16H9FN2O4. The van der Waals surface area contributed by atoms with E-state index in [1.807, 2.05) is 0 Å². The maximum Gasteiger partial charge on any atom is 0.293 e. The third-order valence-electron chi connectivity index (χ3n) is 3.42. The first-order valence-corrected chi connectivity index (χ1v) is 6.58. The van der Waals surface area contributed by atoms with Gasteiger partial charge in [-0.05, 0) is 30.3 Å². The molecule has 1 amide bonds. The number of nitrogens with zero attached hydrogens (tertiary/aromatic N) is 1. The van der Waals surface area contributed by atoms with Gasteiger partial charge >= 0.3 is 0 Å². The van der Waals surface area contributed by atoms with Gasteiger partial charge in [0.25, 0.3) is 11.6 Å². The average molecular weight is 312 g/mol. The summed E-state index contributed by atoms with van der Waals surface area (Å²) in [4.78, 5) is 34.6. The lowest BCUT2D eigenvalue weighted by Crippen LogP contribution is -2.06. The number of anilines is 1. The fraction of sp³-hybridized carbons (Fsp3) is 0. The van der Waals surface area contributed by atoms with E-state index in [1.165, 1.54) is 30.3 Å². The summed E-state index contributed by atoms with van der Waals surface area (Å²) in [7, 11) is 0. The number of carbonyl (C=O) groups excluding carboxylic acids is 2. The van der Waals surface area contributed by atoms with Crippen LogP contribution in [0.3, 0.4) is 0 Å². The van der Waals surface area contributed by atoms with Crippen LogP contribution in [0.5, 0.6) is 0 Å². The van der Waals surface area contributed by atoms with Crippen LogP contribution >= 0.6 is 0 Å². The number of rotatable bonds is 3. The van der Waals surface area contributed by atoms with Gasteiger partial charge in [0, 0.05) is 17.2 Å². The molecule has 0 saturated carbocycles. The Morgan fingerprint density at radius 1 is 1.17 bits per heavy atom. The molecule has 0 bridgehead atoms. The first-order valence-electron chi connectivity index (χ1n) is 6.58. The van der Waals surface area contributed by atoms with Crippen molar-refractivity contribution < 1.29 is 18.9 Å². The monoisotopic (exact) mass is 312 g/mol. The molecule has 0 atom stereocenters. The molecule has 0 spiro atoms. The molecule has 3 rings (SSSR count). The first-order chi connectivity index (χ1) is 11.0. The van der Waals surface area contributed by atoms with Gasteiger partial charge in [-0.15, -0.1) is 0 Å². The number of allylic oxidation sites excluding steroid dienone is 1. The number of ketones is 1. The number of fused-ring (bicyclic) bond motifs is 1. The van der Waals surface area contributed by atoms with Crippen molar-refractivity contribution in [3.63, 3.8) is 0 Å². The molecular weight excluding hydrogens is 303 g/mol. The third kappa shape index (κ3) is 2.59. The minimum atomic E-state index is -0.607. The van der Waals surface area contributed by atoms with Gasteiger partial charge in [0.2, 0.25) is 0 Å². The Bertz CT molecular complexity index is 872. The topological polar surface area (TPSA) is 89.3 Å². The quantitative estimate of drug-likeness (QED) is 0.408. The molecule has 114 valence electrons. The Morgan fingerprint density at radius 2 is 1.87 bits per heavy atom. The second-order valence-electron chi connectivity index (χ2n) is 4.84. The van der Waals surface area contributed by atoms with Crippen LogP contribution in [0, 0.1) is 15.9 Å². The SMILES string of the molecule is O=C1Nc2c(cccc2[N+](=O)[O-])/C1=C/C(=O)c1ccc(F)cc1. The summed E-state index contributed by atoms with van der Waals surface area (Å²) in [6, 6.07) is 9.10. The fourth-order valence-electron chi connectivity index (χ4n) is 2.32. The lowest BCUT2D eigenvalue weighted by Gasteiger charge is -1.99. The number of benzene rings is 2. The van der Waals surface area contributed by atoms with Crippen molar-refractivity contribution in [3.05, 3.63) is 75.6 Å². The van der Waals surface area contributed by atoms with Gasteiger partial charge < -0.3 is 5.32 Å². The highest BCUT2D eigenvalue weighted by molar-refractivity contribution is 6.35. The van der Waals surface area contributed by atoms with Gasteiger partial charge in [0.1, 0.15) is 11.5 Å². The number of nitrogens with one attached hydrogen (secondary N) is 1. The van der Waals surface area contributed by atoms with E-state index in [2.05, 4.69) is 5.32 Å². The molecule has 7 heteroatoms. The highest BCUT2D eigenvalue weighted by atomic mass is 19.1. The standard InChI is InChI=1S/C16H9FN2O4/c17-10-6-4-9(5-7-10)14(20)8-12-11-2-1-3-13(19(22)23)15(11)18-16(12)21/h1-8H,(H,18,21)/b12-8-. The van der Waals surface area contributed by atoms with Crippen LogP contribution in [-0.2, 0) is 4.79 Å². The first kappa shape index (κ1) is 14.6. The summed E-state index contributed by atoms with van der Waals surface area (Å²) in [5.74, 6) is -1.56. The van der Waals surface area contributed by atoms with E-state index in [0.29, 0.717) is 5.56 Å². The number of nitro benzene ring substituents is 1. The van der Waals surface area contributed by atoms with Crippen LogP contribution in [0.1, 0.15) is 15.9 Å². The molecule has 0 saturated heterocycles. The zero-order chi connectivity index (χ0) is 16.6. The Kier molecular flexibility index (Phi) is 3.46. The molecule has 1 heterocycles. The zero-order valence-corrected chi connectivity index (χ0v) is 11.6. The van der Waals surface area contributed by atoms with Gasteiger partial charge in [-0.25, -0.2) is 4.39 Å². The third-order valence-corrected chi connectivity index (χ3v) is 3.42. The molecule has 6 nitrogen and oxygen atoms in total. The highest BCUT2D eigenvalue weighted by Gasteiger charge is 2.31. The number of halogens is 1. The number of nitro groups is 1. The number of amides is 1. The van der Waals surface area contributed by atoms with Crippen molar-refractivity contribution in [1.29, 1.82) is 0 Å². The van der Waals surface area contributed by atoms with E-state index < -0.39 is 22.4 Å². The average Bonchev–Trinajstić information content (AvgIpc) is 2.83.